The zero-order chi connectivity index (χ0) is 16.3. The Hall–Kier alpha value is -1.85. The average molecular weight is 307 g/mol. The lowest BCUT2D eigenvalue weighted by Crippen LogP contribution is -2.39. The lowest BCUT2D eigenvalue weighted by Gasteiger charge is -2.31. The predicted molar refractivity (Wildman–Crippen MR) is 82.7 cm³/mol. The first-order valence-electron chi connectivity index (χ1n) is 7.92. The number of carbonyl (C=O) groups is 2. The van der Waals surface area contributed by atoms with Crippen molar-refractivity contribution >= 4 is 11.9 Å². The van der Waals surface area contributed by atoms with Gasteiger partial charge in [0.25, 0.3) is 5.91 Å². The van der Waals surface area contributed by atoms with Gasteiger partial charge in [0.2, 0.25) is 0 Å². The number of hydrogen-bond donors (Lipinski definition) is 1. The van der Waals surface area contributed by atoms with Gasteiger partial charge in [-0.25, -0.2) is 0 Å². The molecule has 1 saturated heterocycles. The van der Waals surface area contributed by atoms with Gasteiger partial charge in [0.05, 0.1) is 11.8 Å². The van der Waals surface area contributed by atoms with Crippen LogP contribution in [0, 0.1) is 18.8 Å². The van der Waals surface area contributed by atoms with Gasteiger partial charge < -0.3 is 10.0 Å². The predicted octanol–water partition coefficient (Wildman–Crippen LogP) is 2.17. The van der Waals surface area contributed by atoms with E-state index in [0.29, 0.717) is 24.6 Å². The van der Waals surface area contributed by atoms with Crippen LogP contribution in [0.15, 0.2) is 6.20 Å². The first-order chi connectivity index (χ1) is 10.4. The summed E-state index contributed by atoms with van der Waals surface area (Å²) in [4.78, 5) is 25.2. The summed E-state index contributed by atoms with van der Waals surface area (Å²) in [6.07, 6.45) is 3.38. The summed E-state index contributed by atoms with van der Waals surface area (Å²) < 4.78 is 1.88. The Morgan fingerprint density at radius 3 is 2.55 bits per heavy atom. The molecule has 0 radical (unpaired) electrons. The van der Waals surface area contributed by atoms with Gasteiger partial charge in [-0.1, -0.05) is 13.8 Å². The number of nitrogens with zero attached hydrogens (tertiary/aromatic N) is 3. The third-order valence-corrected chi connectivity index (χ3v) is 4.24. The van der Waals surface area contributed by atoms with Gasteiger partial charge in [-0.05, 0) is 31.6 Å². The van der Waals surface area contributed by atoms with Crippen molar-refractivity contribution in [2.75, 3.05) is 13.1 Å². The fourth-order valence-corrected chi connectivity index (χ4v) is 2.94. The van der Waals surface area contributed by atoms with Gasteiger partial charge in [-0.2, -0.15) is 5.10 Å². The molecule has 1 aromatic heterocycles. The Balaban J connectivity index is 1.98. The van der Waals surface area contributed by atoms with Crippen molar-refractivity contribution < 1.29 is 14.7 Å². The van der Waals surface area contributed by atoms with E-state index in [2.05, 4.69) is 18.9 Å². The van der Waals surface area contributed by atoms with Crippen LogP contribution in [0.4, 0.5) is 0 Å². The molecule has 6 nitrogen and oxygen atoms in total. The third-order valence-electron chi connectivity index (χ3n) is 4.24. The molecule has 0 saturated carbocycles. The highest BCUT2D eigenvalue weighted by Gasteiger charge is 2.26. The van der Waals surface area contributed by atoms with Crippen LogP contribution in [0.1, 0.15) is 49.2 Å². The first-order valence-corrected chi connectivity index (χ1v) is 7.92. The Kier molecular flexibility index (Phi) is 5.21. The molecule has 0 aromatic carbocycles. The van der Waals surface area contributed by atoms with Crippen LogP contribution in [0.25, 0.3) is 0 Å². The second-order valence-electron chi connectivity index (χ2n) is 6.55. The molecule has 0 atom stereocenters. The lowest BCUT2D eigenvalue weighted by molar-refractivity contribution is -0.138. The van der Waals surface area contributed by atoms with Gasteiger partial charge in [0.15, 0.2) is 0 Å². The average Bonchev–Trinajstić information content (AvgIpc) is 2.79. The van der Waals surface area contributed by atoms with E-state index in [1.54, 1.807) is 6.20 Å². The molecule has 1 fully saturated rings. The van der Waals surface area contributed by atoms with Crippen LogP contribution >= 0.6 is 0 Å². The number of carboxylic acids is 1. The number of piperidine rings is 1. The highest BCUT2D eigenvalue weighted by molar-refractivity contribution is 5.95. The lowest BCUT2D eigenvalue weighted by atomic mass is 9.93. The van der Waals surface area contributed by atoms with E-state index in [0.717, 1.165) is 25.1 Å². The van der Waals surface area contributed by atoms with Gasteiger partial charge in [0, 0.05) is 31.7 Å². The highest BCUT2D eigenvalue weighted by Crippen LogP contribution is 2.22. The number of aromatic nitrogens is 2. The van der Waals surface area contributed by atoms with Gasteiger partial charge >= 0.3 is 5.97 Å². The molecule has 0 bridgehead atoms. The molecular formula is C16H25N3O3. The minimum absolute atomic E-state index is 0.0151. The molecule has 22 heavy (non-hydrogen) atoms. The molecule has 1 aliphatic rings. The van der Waals surface area contributed by atoms with Crippen molar-refractivity contribution in [3.8, 4) is 0 Å². The largest absolute Gasteiger partial charge is 0.481 e. The molecule has 2 rings (SSSR count). The Bertz CT molecular complexity index is 543. The number of aliphatic carboxylic acids is 1. The maximum atomic E-state index is 12.6. The van der Waals surface area contributed by atoms with Crippen molar-refractivity contribution in [3.63, 3.8) is 0 Å². The van der Waals surface area contributed by atoms with Crippen LogP contribution in [-0.2, 0) is 11.3 Å². The zero-order valence-electron chi connectivity index (χ0n) is 13.6. The molecule has 1 aliphatic heterocycles. The van der Waals surface area contributed by atoms with Crippen molar-refractivity contribution in [1.82, 2.24) is 14.7 Å². The van der Waals surface area contributed by atoms with Crippen molar-refractivity contribution in [3.05, 3.63) is 17.5 Å². The second kappa shape index (κ2) is 6.94. The quantitative estimate of drug-likeness (QED) is 0.904. The minimum atomic E-state index is -0.754. The maximum Gasteiger partial charge on any atom is 0.303 e. The van der Waals surface area contributed by atoms with Crippen molar-refractivity contribution in [2.45, 2.75) is 46.6 Å². The van der Waals surface area contributed by atoms with Crippen LogP contribution in [-0.4, -0.2) is 44.8 Å². The Morgan fingerprint density at radius 1 is 1.36 bits per heavy atom. The zero-order valence-corrected chi connectivity index (χ0v) is 13.6. The second-order valence-corrected chi connectivity index (χ2v) is 6.55. The molecule has 1 aromatic rings. The number of hydrogen-bond acceptors (Lipinski definition) is 3. The van der Waals surface area contributed by atoms with Gasteiger partial charge in [-0.3, -0.25) is 14.3 Å². The monoisotopic (exact) mass is 307 g/mol. The number of likely N-dealkylation sites (tertiary alicyclic amines) is 1. The summed E-state index contributed by atoms with van der Waals surface area (Å²) >= 11 is 0. The van der Waals surface area contributed by atoms with E-state index in [-0.39, 0.29) is 18.2 Å². The summed E-state index contributed by atoms with van der Waals surface area (Å²) in [7, 11) is 0. The fourth-order valence-electron chi connectivity index (χ4n) is 2.94. The molecule has 6 heteroatoms. The summed E-state index contributed by atoms with van der Waals surface area (Å²) in [5.74, 6) is -0.0727. The summed E-state index contributed by atoms with van der Waals surface area (Å²) in [5, 5.41) is 13.2. The minimum Gasteiger partial charge on any atom is -0.481 e. The standard InChI is InChI=1S/C16H25N3O3/c1-11(2)10-19-12(3)14(9-17-19)16(22)18-6-4-13(5-7-18)8-15(20)21/h9,11,13H,4-8,10H2,1-3H3,(H,20,21). The van der Waals surface area contributed by atoms with Crippen LogP contribution in [0.3, 0.4) is 0 Å². The first kappa shape index (κ1) is 16.5. The van der Waals surface area contributed by atoms with E-state index < -0.39 is 5.97 Å². The molecule has 1 amide bonds. The Morgan fingerprint density at radius 2 is 2.00 bits per heavy atom. The van der Waals surface area contributed by atoms with E-state index in [4.69, 9.17) is 5.11 Å². The SMILES string of the molecule is Cc1c(C(=O)N2CCC(CC(=O)O)CC2)cnn1CC(C)C. The number of amides is 1. The van der Waals surface area contributed by atoms with Gasteiger partial charge in [-0.15, -0.1) is 0 Å². The molecule has 122 valence electrons. The summed E-state index contributed by atoms with van der Waals surface area (Å²) in [5.41, 5.74) is 1.57. The van der Waals surface area contributed by atoms with Crippen LogP contribution < -0.4 is 0 Å². The van der Waals surface area contributed by atoms with Crippen LogP contribution in [0.5, 0.6) is 0 Å². The normalized spacial score (nSPS) is 16.3. The van der Waals surface area contributed by atoms with E-state index in [1.807, 2.05) is 16.5 Å². The van der Waals surface area contributed by atoms with Crippen molar-refractivity contribution in [2.24, 2.45) is 11.8 Å². The number of rotatable bonds is 5. The molecular weight excluding hydrogens is 282 g/mol. The van der Waals surface area contributed by atoms with Gasteiger partial charge in [0.1, 0.15) is 0 Å². The molecule has 0 aliphatic carbocycles. The summed E-state index contributed by atoms with van der Waals surface area (Å²) in [6, 6.07) is 0. The smallest absolute Gasteiger partial charge is 0.303 e. The Labute approximate surface area is 131 Å². The molecule has 1 N–H and O–H groups in total. The number of carboxylic acid groups (broad SMARTS) is 1. The molecule has 0 unspecified atom stereocenters. The summed E-state index contributed by atoms with van der Waals surface area (Å²) in [6.45, 7) is 8.24. The van der Waals surface area contributed by atoms with E-state index >= 15 is 0 Å². The van der Waals surface area contributed by atoms with E-state index in [1.165, 1.54) is 0 Å². The number of carbonyl (C=O) groups excluding carboxylic acids is 1. The van der Waals surface area contributed by atoms with Crippen LogP contribution in [0.2, 0.25) is 0 Å². The molecule has 2 heterocycles. The van der Waals surface area contributed by atoms with Crippen molar-refractivity contribution in [1.29, 1.82) is 0 Å². The maximum absolute atomic E-state index is 12.6. The highest BCUT2D eigenvalue weighted by atomic mass is 16.4. The van der Waals surface area contributed by atoms with E-state index in [9.17, 15) is 9.59 Å². The molecule has 0 spiro atoms. The fraction of sp³-hybridized carbons (Fsp3) is 0.688. The topological polar surface area (TPSA) is 75.4 Å². The third kappa shape index (κ3) is 3.87.